The van der Waals surface area contributed by atoms with Gasteiger partial charge in [-0.1, -0.05) is 6.07 Å². The summed E-state index contributed by atoms with van der Waals surface area (Å²) < 4.78 is 39.4. The van der Waals surface area contributed by atoms with Crippen molar-refractivity contribution in [2.24, 2.45) is 0 Å². The van der Waals surface area contributed by atoms with Crippen molar-refractivity contribution in [2.45, 2.75) is 4.90 Å². The molecule has 2 rings (SSSR count). The Morgan fingerprint density at radius 3 is 2.26 bits per heavy atom. The number of rotatable bonds is 2. The molecule has 0 radical (unpaired) electrons. The summed E-state index contributed by atoms with van der Waals surface area (Å²) in [4.78, 5) is 12.3. The molecule has 6 heteroatoms. The summed E-state index contributed by atoms with van der Waals surface area (Å²) in [6.45, 7) is 0. The van der Waals surface area contributed by atoms with Gasteiger partial charge in [-0.15, -0.1) is 12.6 Å². The summed E-state index contributed by atoms with van der Waals surface area (Å²) in [6, 6.07) is 7.13. The molecule has 0 saturated heterocycles. The maximum Gasteiger partial charge on any atom is 0.255 e. The van der Waals surface area contributed by atoms with Crippen molar-refractivity contribution < 1.29 is 18.0 Å². The van der Waals surface area contributed by atoms with E-state index in [9.17, 15) is 18.0 Å². The molecule has 1 amide bonds. The van der Waals surface area contributed by atoms with Crippen molar-refractivity contribution in [2.75, 3.05) is 5.32 Å². The first kappa shape index (κ1) is 13.5. The molecule has 0 bridgehead atoms. The number of carbonyl (C=O) groups excluding carboxylic acids is 1. The molecule has 0 saturated carbocycles. The van der Waals surface area contributed by atoms with Crippen molar-refractivity contribution >= 4 is 24.2 Å². The van der Waals surface area contributed by atoms with Crippen molar-refractivity contribution in [3.8, 4) is 0 Å². The third-order valence-electron chi connectivity index (χ3n) is 2.35. The van der Waals surface area contributed by atoms with Gasteiger partial charge in [0.1, 0.15) is 11.5 Å². The van der Waals surface area contributed by atoms with Crippen LogP contribution in [0, 0.1) is 17.5 Å². The Balaban J connectivity index is 2.29. The third-order valence-corrected chi connectivity index (χ3v) is 2.63. The Morgan fingerprint density at radius 2 is 1.68 bits per heavy atom. The average Bonchev–Trinajstić information content (AvgIpc) is 2.33. The quantitative estimate of drug-likeness (QED) is 0.809. The normalized spacial score (nSPS) is 10.3. The van der Waals surface area contributed by atoms with Crippen LogP contribution in [0.4, 0.5) is 18.9 Å². The van der Waals surface area contributed by atoms with E-state index in [1.807, 2.05) is 0 Å². The summed E-state index contributed by atoms with van der Waals surface area (Å²) >= 11 is 4.05. The molecular weight excluding hydrogens is 275 g/mol. The van der Waals surface area contributed by atoms with Gasteiger partial charge in [-0.25, -0.2) is 13.2 Å². The highest BCUT2D eigenvalue weighted by atomic mass is 32.1. The Hall–Kier alpha value is -1.95. The number of hydrogen-bond donors (Lipinski definition) is 2. The number of carbonyl (C=O) groups is 1. The fraction of sp³-hybridized carbons (Fsp3) is 0. The van der Waals surface area contributed by atoms with Crippen LogP contribution >= 0.6 is 12.6 Å². The number of hydrogen-bond acceptors (Lipinski definition) is 2. The molecule has 19 heavy (non-hydrogen) atoms. The smallest absolute Gasteiger partial charge is 0.255 e. The predicted octanol–water partition coefficient (Wildman–Crippen LogP) is 3.64. The fourth-order valence-electron chi connectivity index (χ4n) is 1.49. The van der Waals surface area contributed by atoms with E-state index in [0.717, 1.165) is 0 Å². The second-order valence-electron chi connectivity index (χ2n) is 3.75. The van der Waals surface area contributed by atoms with E-state index in [4.69, 9.17) is 0 Å². The standard InChI is InChI=1S/C13H8F3NOS/c14-8-5-10(15)12(11(16)6-8)17-13(18)7-2-1-3-9(19)4-7/h1-6,19H,(H,17,18). The van der Waals surface area contributed by atoms with Gasteiger partial charge in [0.2, 0.25) is 0 Å². The molecule has 0 atom stereocenters. The van der Waals surface area contributed by atoms with Crippen molar-refractivity contribution in [1.29, 1.82) is 0 Å². The zero-order valence-electron chi connectivity index (χ0n) is 9.45. The monoisotopic (exact) mass is 283 g/mol. The third kappa shape index (κ3) is 3.08. The number of halogens is 3. The highest BCUT2D eigenvalue weighted by molar-refractivity contribution is 7.80. The average molecular weight is 283 g/mol. The van der Waals surface area contributed by atoms with E-state index < -0.39 is 29.0 Å². The number of thiol groups is 1. The van der Waals surface area contributed by atoms with Gasteiger partial charge in [0, 0.05) is 22.6 Å². The Bertz CT molecular complexity index is 623. The first-order valence-corrected chi connectivity index (χ1v) is 5.67. The van der Waals surface area contributed by atoms with Gasteiger partial charge in [0.15, 0.2) is 11.6 Å². The van der Waals surface area contributed by atoms with Crippen LogP contribution in [0.3, 0.4) is 0 Å². The number of amides is 1. The van der Waals surface area contributed by atoms with Crippen LogP contribution in [-0.4, -0.2) is 5.91 Å². The van der Waals surface area contributed by atoms with Gasteiger partial charge in [0.25, 0.3) is 5.91 Å². The second-order valence-corrected chi connectivity index (χ2v) is 4.27. The summed E-state index contributed by atoms with van der Waals surface area (Å²) in [6.07, 6.45) is 0. The van der Waals surface area contributed by atoms with Crippen molar-refractivity contribution in [1.82, 2.24) is 0 Å². The molecule has 2 aromatic carbocycles. The zero-order valence-corrected chi connectivity index (χ0v) is 10.3. The molecule has 98 valence electrons. The van der Waals surface area contributed by atoms with E-state index in [1.165, 1.54) is 12.1 Å². The number of benzene rings is 2. The number of anilines is 1. The molecule has 0 aliphatic heterocycles. The summed E-state index contributed by atoms with van der Waals surface area (Å²) in [5.74, 6) is -4.11. The highest BCUT2D eigenvalue weighted by Crippen LogP contribution is 2.21. The van der Waals surface area contributed by atoms with Gasteiger partial charge >= 0.3 is 0 Å². The minimum absolute atomic E-state index is 0.190. The Labute approximate surface area is 112 Å². The van der Waals surface area contributed by atoms with Crippen LogP contribution in [0.5, 0.6) is 0 Å². The molecule has 0 aliphatic rings. The highest BCUT2D eigenvalue weighted by Gasteiger charge is 2.15. The molecule has 0 aromatic heterocycles. The largest absolute Gasteiger partial charge is 0.317 e. The van der Waals surface area contributed by atoms with Crippen LogP contribution in [0.2, 0.25) is 0 Å². The minimum Gasteiger partial charge on any atom is -0.317 e. The predicted molar refractivity (Wildman–Crippen MR) is 68.0 cm³/mol. The summed E-state index contributed by atoms with van der Waals surface area (Å²) in [7, 11) is 0. The maximum absolute atomic E-state index is 13.4. The molecule has 0 heterocycles. The lowest BCUT2D eigenvalue weighted by Gasteiger charge is -2.08. The van der Waals surface area contributed by atoms with Crippen LogP contribution in [0.1, 0.15) is 10.4 Å². The molecule has 2 aromatic rings. The first-order chi connectivity index (χ1) is 8.97. The van der Waals surface area contributed by atoms with E-state index in [2.05, 4.69) is 17.9 Å². The minimum atomic E-state index is -1.17. The molecule has 0 fully saturated rings. The van der Waals surface area contributed by atoms with E-state index in [0.29, 0.717) is 17.0 Å². The van der Waals surface area contributed by atoms with Gasteiger partial charge in [-0.3, -0.25) is 4.79 Å². The summed E-state index contributed by atoms with van der Waals surface area (Å²) in [5.41, 5.74) is -0.494. The molecule has 0 aliphatic carbocycles. The fourth-order valence-corrected chi connectivity index (χ4v) is 1.72. The molecule has 0 spiro atoms. The van der Waals surface area contributed by atoms with Crippen molar-refractivity contribution in [3.05, 3.63) is 59.4 Å². The first-order valence-electron chi connectivity index (χ1n) is 5.22. The lowest BCUT2D eigenvalue weighted by molar-refractivity contribution is 0.102. The van der Waals surface area contributed by atoms with Crippen LogP contribution < -0.4 is 5.32 Å². The van der Waals surface area contributed by atoms with Crippen LogP contribution in [-0.2, 0) is 0 Å². The van der Waals surface area contributed by atoms with Gasteiger partial charge in [-0.05, 0) is 18.2 Å². The molecule has 0 unspecified atom stereocenters. The molecular formula is C13H8F3NOS. The number of nitrogens with one attached hydrogen (secondary N) is 1. The van der Waals surface area contributed by atoms with Crippen LogP contribution in [0.15, 0.2) is 41.3 Å². The van der Waals surface area contributed by atoms with Gasteiger partial charge in [-0.2, -0.15) is 0 Å². The van der Waals surface area contributed by atoms with E-state index >= 15 is 0 Å². The topological polar surface area (TPSA) is 29.1 Å². The van der Waals surface area contributed by atoms with Gasteiger partial charge < -0.3 is 5.32 Å². The Kier molecular flexibility index (Phi) is 3.80. The molecule has 1 N–H and O–H groups in total. The van der Waals surface area contributed by atoms with Crippen LogP contribution in [0.25, 0.3) is 0 Å². The SMILES string of the molecule is O=C(Nc1c(F)cc(F)cc1F)c1cccc(S)c1. The maximum atomic E-state index is 13.4. The second kappa shape index (κ2) is 5.36. The summed E-state index contributed by atoms with van der Waals surface area (Å²) in [5, 5.41) is 2.06. The zero-order chi connectivity index (χ0) is 14.0. The van der Waals surface area contributed by atoms with E-state index in [1.54, 1.807) is 12.1 Å². The van der Waals surface area contributed by atoms with Crippen molar-refractivity contribution in [3.63, 3.8) is 0 Å². The molecule has 2 nitrogen and oxygen atoms in total. The van der Waals surface area contributed by atoms with E-state index in [-0.39, 0.29) is 5.56 Å². The lowest BCUT2D eigenvalue weighted by atomic mass is 10.2. The Morgan fingerprint density at radius 1 is 1.05 bits per heavy atom. The van der Waals surface area contributed by atoms with Gasteiger partial charge in [0.05, 0.1) is 0 Å². The lowest BCUT2D eigenvalue weighted by Crippen LogP contribution is -2.14.